The second-order valence-electron chi connectivity index (χ2n) is 5.22. The van der Waals surface area contributed by atoms with Gasteiger partial charge in [0.1, 0.15) is 12.4 Å². The number of hydrogen-bond acceptors (Lipinski definition) is 3. The van der Waals surface area contributed by atoms with Gasteiger partial charge in [0, 0.05) is 11.6 Å². The van der Waals surface area contributed by atoms with E-state index in [0.717, 1.165) is 24.2 Å². The fraction of sp³-hybridized carbons (Fsp3) is 0.278. The van der Waals surface area contributed by atoms with Crippen LogP contribution in [0.15, 0.2) is 48.5 Å². The highest BCUT2D eigenvalue weighted by molar-refractivity contribution is 5.37. The summed E-state index contributed by atoms with van der Waals surface area (Å²) >= 11 is 0. The van der Waals surface area contributed by atoms with Crippen LogP contribution in [0.5, 0.6) is 5.75 Å². The molecule has 1 unspecified atom stereocenters. The van der Waals surface area contributed by atoms with Crippen LogP contribution in [-0.2, 0) is 13.0 Å². The Morgan fingerprint density at radius 2 is 1.86 bits per heavy atom. The van der Waals surface area contributed by atoms with Gasteiger partial charge in [-0.1, -0.05) is 30.3 Å². The van der Waals surface area contributed by atoms with Crippen molar-refractivity contribution in [3.8, 4) is 11.8 Å². The van der Waals surface area contributed by atoms with Gasteiger partial charge in [-0.15, -0.1) is 0 Å². The number of hydrogen-bond donors (Lipinski definition) is 1. The molecule has 3 heteroatoms. The van der Waals surface area contributed by atoms with E-state index in [-0.39, 0.29) is 6.04 Å². The predicted molar refractivity (Wildman–Crippen MR) is 83.9 cm³/mol. The summed E-state index contributed by atoms with van der Waals surface area (Å²) in [6, 6.07) is 17.9. The van der Waals surface area contributed by atoms with Crippen LogP contribution in [0.1, 0.15) is 30.0 Å². The van der Waals surface area contributed by atoms with Crippen molar-refractivity contribution in [3.63, 3.8) is 0 Å². The molecule has 3 nitrogen and oxygen atoms in total. The molecule has 0 aliphatic carbocycles. The first-order valence-corrected chi connectivity index (χ1v) is 7.14. The normalized spacial score (nSPS) is 11.7. The summed E-state index contributed by atoms with van der Waals surface area (Å²) in [5, 5.41) is 9.04. The lowest BCUT2D eigenvalue weighted by atomic mass is 10.1. The van der Waals surface area contributed by atoms with Crippen molar-refractivity contribution in [1.82, 2.24) is 0 Å². The standard InChI is InChI=1S/C18H20N2O/c1-14(20)6-7-15-8-10-18(11-9-15)21-13-17-5-3-2-4-16(17)12-19/h2-5,8-11,14H,6-7,13,20H2,1H3. The van der Waals surface area contributed by atoms with E-state index in [4.69, 9.17) is 15.7 Å². The summed E-state index contributed by atoms with van der Waals surface area (Å²) in [7, 11) is 0. The van der Waals surface area contributed by atoms with E-state index >= 15 is 0 Å². The van der Waals surface area contributed by atoms with E-state index in [1.165, 1.54) is 5.56 Å². The number of nitriles is 1. The second kappa shape index (κ2) is 7.47. The summed E-state index contributed by atoms with van der Waals surface area (Å²) in [6.45, 7) is 2.42. The minimum atomic E-state index is 0.225. The molecule has 2 rings (SSSR count). The maximum atomic E-state index is 9.04. The number of aryl methyl sites for hydroxylation is 1. The smallest absolute Gasteiger partial charge is 0.119 e. The van der Waals surface area contributed by atoms with E-state index in [0.29, 0.717) is 12.2 Å². The molecule has 0 spiro atoms. The average molecular weight is 280 g/mol. The van der Waals surface area contributed by atoms with Gasteiger partial charge in [0.05, 0.1) is 11.6 Å². The molecule has 0 fully saturated rings. The summed E-state index contributed by atoms with van der Waals surface area (Å²) in [5.41, 5.74) is 8.58. The Bertz CT molecular complexity index is 612. The Morgan fingerprint density at radius 1 is 1.14 bits per heavy atom. The maximum Gasteiger partial charge on any atom is 0.119 e. The minimum absolute atomic E-state index is 0.225. The summed E-state index contributed by atoms with van der Waals surface area (Å²) < 4.78 is 5.74. The highest BCUT2D eigenvalue weighted by Gasteiger charge is 2.02. The molecule has 0 aromatic heterocycles. The van der Waals surface area contributed by atoms with Crippen molar-refractivity contribution in [2.75, 3.05) is 0 Å². The Hall–Kier alpha value is -2.31. The molecule has 2 aromatic carbocycles. The summed E-state index contributed by atoms with van der Waals surface area (Å²) in [5.74, 6) is 0.812. The van der Waals surface area contributed by atoms with Gasteiger partial charge in [0.15, 0.2) is 0 Å². The lowest BCUT2D eigenvalue weighted by Crippen LogP contribution is -2.15. The molecular formula is C18H20N2O. The molecule has 21 heavy (non-hydrogen) atoms. The van der Waals surface area contributed by atoms with E-state index in [9.17, 15) is 0 Å². The zero-order valence-electron chi connectivity index (χ0n) is 12.3. The molecule has 0 radical (unpaired) electrons. The predicted octanol–water partition coefficient (Wildman–Crippen LogP) is 3.42. The van der Waals surface area contributed by atoms with Gasteiger partial charge in [-0.3, -0.25) is 0 Å². The third-order valence-corrected chi connectivity index (χ3v) is 3.34. The molecule has 0 aliphatic heterocycles. The van der Waals surface area contributed by atoms with Crippen LogP contribution >= 0.6 is 0 Å². The van der Waals surface area contributed by atoms with Crippen LogP contribution in [0.3, 0.4) is 0 Å². The Kier molecular flexibility index (Phi) is 5.36. The molecule has 0 saturated carbocycles. The van der Waals surface area contributed by atoms with Gasteiger partial charge in [-0.2, -0.15) is 5.26 Å². The fourth-order valence-electron chi connectivity index (χ4n) is 2.06. The molecule has 0 heterocycles. The van der Waals surface area contributed by atoms with Crippen LogP contribution in [0.25, 0.3) is 0 Å². The van der Waals surface area contributed by atoms with Crippen LogP contribution in [0.2, 0.25) is 0 Å². The number of nitrogens with zero attached hydrogens (tertiary/aromatic N) is 1. The highest BCUT2D eigenvalue weighted by Crippen LogP contribution is 2.16. The lowest BCUT2D eigenvalue weighted by Gasteiger charge is -2.09. The number of nitrogens with two attached hydrogens (primary N) is 1. The first kappa shape index (κ1) is 15.1. The monoisotopic (exact) mass is 280 g/mol. The number of rotatable bonds is 6. The van der Waals surface area contributed by atoms with Gasteiger partial charge in [0.2, 0.25) is 0 Å². The van der Waals surface area contributed by atoms with Crippen molar-refractivity contribution in [2.45, 2.75) is 32.4 Å². The fourth-order valence-corrected chi connectivity index (χ4v) is 2.06. The highest BCUT2D eigenvalue weighted by atomic mass is 16.5. The molecule has 2 N–H and O–H groups in total. The van der Waals surface area contributed by atoms with Crippen LogP contribution < -0.4 is 10.5 Å². The minimum Gasteiger partial charge on any atom is -0.489 e. The van der Waals surface area contributed by atoms with Crippen LogP contribution in [-0.4, -0.2) is 6.04 Å². The Labute approximate surface area is 126 Å². The molecule has 0 aliphatic rings. The van der Waals surface area contributed by atoms with Crippen LogP contribution in [0, 0.1) is 11.3 Å². The third kappa shape index (κ3) is 4.62. The zero-order chi connectivity index (χ0) is 15.1. The van der Waals surface area contributed by atoms with Crippen molar-refractivity contribution < 1.29 is 4.74 Å². The van der Waals surface area contributed by atoms with E-state index in [2.05, 4.69) is 18.2 Å². The van der Waals surface area contributed by atoms with Gasteiger partial charge >= 0.3 is 0 Å². The maximum absolute atomic E-state index is 9.04. The SMILES string of the molecule is CC(N)CCc1ccc(OCc2ccccc2C#N)cc1. The topological polar surface area (TPSA) is 59.0 Å². The van der Waals surface area contributed by atoms with E-state index in [1.807, 2.05) is 37.3 Å². The number of ether oxygens (including phenoxy) is 1. The van der Waals surface area contributed by atoms with Crippen molar-refractivity contribution in [3.05, 3.63) is 65.2 Å². The van der Waals surface area contributed by atoms with Gasteiger partial charge in [-0.05, 0) is 43.5 Å². The number of benzene rings is 2. The molecular weight excluding hydrogens is 260 g/mol. The van der Waals surface area contributed by atoms with E-state index in [1.54, 1.807) is 6.07 Å². The first-order chi connectivity index (χ1) is 10.2. The van der Waals surface area contributed by atoms with E-state index < -0.39 is 0 Å². The third-order valence-electron chi connectivity index (χ3n) is 3.34. The molecule has 0 saturated heterocycles. The summed E-state index contributed by atoms with van der Waals surface area (Å²) in [6.07, 6.45) is 1.96. The molecule has 2 aromatic rings. The Morgan fingerprint density at radius 3 is 2.52 bits per heavy atom. The Balaban J connectivity index is 1.93. The average Bonchev–Trinajstić information content (AvgIpc) is 2.52. The van der Waals surface area contributed by atoms with Gasteiger partial charge in [-0.25, -0.2) is 0 Å². The van der Waals surface area contributed by atoms with Gasteiger partial charge < -0.3 is 10.5 Å². The van der Waals surface area contributed by atoms with Crippen molar-refractivity contribution in [2.24, 2.45) is 5.73 Å². The van der Waals surface area contributed by atoms with Crippen molar-refractivity contribution in [1.29, 1.82) is 5.26 Å². The summed E-state index contributed by atoms with van der Waals surface area (Å²) in [4.78, 5) is 0. The largest absolute Gasteiger partial charge is 0.489 e. The zero-order valence-corrected chi connectivity index (χ0v) is 12.3. The molecule has 108 valence electrons. The lowest BCUT2D eigenvalue weighted by molar-refractivity contribution is 0.306. The van der Waals surface area contributed by atoms with Gasteiger partial charge in [0.25, 0.3) is 0 Å². The quantitative estimate of drug-likeness (QED) is 0.882. The first-order valence-electron chi connectivity index (χ1n) is 7.14. The molecule has 1 atom stereocenters. The van der Waals surface area contributed by atoms with Crippen LogP contribution in [0.4, 0.5) is 0 Å². The van der Waals surface area contributed by atoms with Crippen molar-refractivity contribution >= 4 is 0 Å². The molecule has 0 amide bonds. The second-order valence-corrected chi connectivity index (χ2v) is 5.22. The molecule has 0 bridgehead atoms.